The number of aromatic nitrogens is 2. The predicted octanol–water partition coefficient (Wildman–Crippen LogP) is 3.43. The molecule has 1 amide bonds. The number of benzene rings is 1. The Balaban J connectivity index is 1.60. The summed E-state index contributed by atoms with van der Waals surface area (Å²) in [6.45, 7) is 4.08. The van der Waals surface area contributed by atoms with Crippen molar-refractivity contribution in [3.63, 3.8) is 0 Å². The molecule has 1 fully saturated rings. The third-order valence-electron chi connectivity index (χ3n) is 5.81. The number of H-pyrrole nitrogens is 1. The lowest BCUT2D eigenvalue weighted by Gasteiger charge is -2.38. The van der Waals surface area contributed by atoms with Crippen LogP contribution in [-0.4, -0.2) is 34.2 Å². The summed E-state index contributed by atoms with van der Waals surface area (Å²) < 4.78 is 5.13. The number of aliphatic hydroxyl groups is 1. The lowest BCUT2D eigenvalue weighted by atomic mass is 9.75. The number of methoxy groups -OCH3 is 1. The topological polar surface area (TPSA) is 87.2 Å². The summed E-state index contributed by atoms with van der Waals surface area (Å²) in [4.78, 5) is 20.6. The van der Waals surface area contributed by atoms with Gasteiger partial charge in [0.25, 0.3) is 5.91 Å². The monoisotopic (exact) mass is 379 g/mol. The van der Waals surface area contributed by atoms with Gasteiger partial charge in [-0.3, -0.25) is 4.79 Å². The number of fused-ring (bicyclic) bond motifs is 1. The van der Waals surface area contributed by atoms with Crippen molar-refractivity contribution in [2.24, 2.45) is 5.92 Å². The van der Waals surface area contributed by atoms with E-state index in [0.29, 0.717) is 24.3 Å². The van der Waals surface area contributed by atoms with Crippen molar-refractivity contribution in [1.82, 2.24) is 15.3 Å². The molecule has 1 saturated carbocycles. The van der Waals surface area contributed by atoms with Crippen LogP contribution < -0.4 is 10.1 Å². The second kappa shape index (κ2) is 7.28. The molecule has 0 radical (unpaired) electrons. The number of nitrogens with zero attached hydrogens (tertiary/aromatic N) is 1. The van der Waals surface area contributed by atoms with Crippen LogP contribution in [-0.2, 0) is 0 Å². The van der Waals surface area contributed by atoms with Gasteiger partial charge in [-0.2, -0.15) is 0 Å². The molecule has 28 heavy (non-hydrogen) atoms. The molecule has 3 N–H and O–H groups in total. The summed E-state index contributed by atoms with van der Waals surface area (Å²) in [7, 11) is 1.57. The molecule has 6 heteroatoms. The molecule has 1 aliphatic carbocycles. The van der Waals surface area contributed by atoms with E-state index < -0.39 is 0 Å². The molecule has 0 bridgehead atoms. The SMILES string of the molecule is COc1ccc(C(NC(=O)c2ccc3[nH]c(C)c(C)c3c2)C2CC(O)C2)cn1. The second-order valence-corrected chi connectivity index (χ2v) is 7.61. The second-order valence-electron chi connectivity index (χ2n) is 7.61. The summed E-state index contributed by atoms with van der Waals surface area (Å²) in [6, 6.07) is 9.24. The summed E-state index contributed by atoms with van der Waals surface area (Å²) in [5.41, 5.74) is 4.84. The van der Waals surface area contributed by atoms with Crippen LogP contribution in [0.25, 0.3) is 10.9 Å². The van der Waals surface area contributed by atoms with Crippen molar-refractivity contribution in [2.75, 3.05) is 7.11 Å². The van der Waals surface area contributed by atoms with Crippen LogP contribution in [0.5, 0.6) is 5.88 Å². The number of carbonyl (C=O) groups excluding carboxylic acids is 1. The fourth-order valence-electron chi connectivity index (χ4n) is 3.90. The van der Waals surface area contributed by atoms with E-state index in [-0.39, 0.29) is 24.0 Å². The minimum absolute atomic E-state index is 0.123. The third-order valence-corrected chi connectivity index (χ3v) is 5.81. The predicted molar refractivity (Wildman–Crippen MR) is 107 cm³/mol. The van der Waals surface area contributed by atoms with Gasteiger partial charge in [0.1, 0.15) is 0 Å². The van der Waals surface area contributed by atoms with Gasteiger partial charge in [-0.1, -0.05) is 6.07 Å². The van der Waals surface area contributed by atoms with Gasteiger partial charge in [0, 0.05) is 34.4 Å². The fraction of sp³-hybridized carbons (Fsp3) is 0.364. The Labute approximate surface area is 163 Å². The number of aromatic amines is 1. The van der Waals surface area contributed by atoms with Crippen molar-refractivity contribution in [1.29, 1.82) is 0 Å². The van der Waals surface area contributed by atoms with Gasteiger partial charge in [0.15, 0.2) is 0 Å². The molecule has 4 rings (SSSR count). The maximum absolute atomic E-state index is 13.0. The van der Waals surface area contributed by atoms with E-state index in [1.54, 1.807) is 19.4 Å². The van der Waals surface area contributed by atoms with Gasteiger partial charge < -0.3 is 20.1 Å². The minimum atomic E-state index is -0.294. The van der Waals surface area contributed by atoms with E-state index >= 15 is 0 Å². The molecular formula is C22H25N3O3. The van der Waals surface area contributed by atoms with Crippen LogP contribution in [0, 0.1) is 19.8 Å². The van der Waals surface area contributed by atoms with Crippen molar-refractivity contribution in [3.05, 3.63) is 58.9 Å². The van der Waals surface area contributed by atoms with Crippen LogP contribution in [0.15, 0.2) is 36.5 Å². The number of nitrogens with one attached hydrogen (secondary N) is 2. The highest BCUT2D eigenvalue weighted by atomic mass is 16.5. The number of hydrogen-bond donors (Lipinski definition) is 3. The van der Waals surface area contributed by atoms with Crippen LogP contribution in [0.1, 0.15) is 46.1 Å². The first-order valence-corrected chi connectivity index (χ1v) is 9.54. The van der Waals surface area contributed by atoms with Crippen molar-refractivity contribution < 1.29 is 14.6 Å². The summed E-state index contributed by atoms with van der Waals surface area (Å²) in [6.07, 6.45) is 2.78. The molecule has 0 spiro atoms. The molecule has 3 aromatic rings. The van der Waals surface area contributed by atoms with Gasteiger partial charge in [0.05, 0.1) is 19.3 Å². The number of amides is 1. The first-order valence-electron chi connectivity index (χ1n) is 9.54. The number of pyridine rings is 1. The zero-order chi connectivity index (χ0) is 19.8. The van der Waals surface area contributed by atoms with E-state index in [1.807, 2.05) is 31.2 Å². The van der Waals surface area contributed by atoms with E-state index in [2.05, 4.69) is 22.2 Å². The normalized spacial score (nSPS) is 19.9. The highest BCUT2D eigenvalue weighted by Crippen LogP contribution is 2.38. The number of ether oxygens (including phenoxy) is 1. The highest BCUT2D eigenvalue weighted by Gasteiger charge is 2.36. The molecule has 1 aromatic carbocycles. The fourth-order valence-corrected chi connectivity index (χ4v) is 3.90. The number of hydrogen-bond acceptors (Lipinski definition) is 4. The summed E-state index contributed by atoms with van der Waals surface area (Å²) >= 11 is 0. The molecule has 2 heterocycles. The zero-order valence-corrected chi connectivity index (χ0v) is 16.3. The molecule has 1 unspecified atom stereocenters. The third kappa shape index (κ3) is 3.36. The quantitative estimate of drug-likeness (QED) is 0.634. The Hall–Kier alpha value is -2.86. The van der Waals surface area contributed by atoms with Crippen LogP contribution in [0.4, 0.5) is 0 Å². The lowest BCUT2D eigenvalue weighted by Crippen LogP contribution is -2.41. The van der Waals surface area contributed by atoms with E-state index in [1.165, 1.54) is 0 Å². The maximum atomic E-state index is 13.0. The molecule has 6 nitrogen and oxygen atoms in total. The van der Waals surface area contributed by atoms with Crippen molar-refractivity contribution in [3.8, 4) is 5.88 Å². The van der Waals surface area contributed by atoms with Crippen LogP contribution >= 0.6 is 0 Å². The first-order chi connectivity index (χ1) is 13.5. The number of carbonyl (C=O) groups is 1. The standard InChI is InChI=1S/C22H25N3O3/c1-12-13(2)24-19-6-4-14(10-18(12)19)22(27)25-21(16-8-17(26)9-16)15-5-7-20(28-3)23-11-15/h4-7,10-11,16-17,21,24,26H,8-9H2,1-3H3,(H,25,27). The molecule has 1 aliphatic rings. The number of rotatable bonds is 5. The van der Waals surface area contributed by atoms with Gasteiger partial charge in [-0.25, -0.2) is 4.98 Å². The molecular weight excluding hydrogens is 354 g/mol. The number of aryl methyl sites for hydroxylation is 2. The lowest BCUT2D eigenvalue weighted by molar-refractivity contribution is 0.0234. The molecule has 0 aliphatic heterocycles. The average molecular weight is 379 g/mol. The van der Waals surface area contributed by atoms with Gasteiger partial charge >= 0.3 is 0 Å². The Bertz CT molecular complexity index is 1000. The maximum Gasteiger partial charge on any atom is 0.251 e. The van der Waals surface area contributed by atoms with Crippen molar-refractivity contribution >= 4 is 16.8 Å². The van der Waals surface area contributed by atoms with Gasteiger partial charge in [0.2, 0.25) is 5.88 Å². The van der Waals surface area contributed by atoms with Crippen LogP contribution in [0.3, 0.4) is 0 Å². The molecule has 0 saturated heterocycles. The van der Waals surface area contributed by atoms with E-state index in [0.717, 1.165) is 27.7 Å². The van der Waals surface area contributed by atoms with Gasteiger partial charge in [-0.15, -0.1) is 0 Å². The minimum Gasteiger partial charge on any atom is -0.481 e. The van der Waals surface area contributed by atoms with E-state index in [9.17, 15) is 9.90 Å². The largest absolute Gasteiger partial charge is 0.481 e. The first kappa shape index (κ1) is 18.5. The highest BCUT2D eigenvalue weighted by molar-refractivity contribution is 5.99. The zero-order valence-electron chi connectivity index (χ0n) is 16.3. The van der Waals surface area contributed by atoms with E-state index in [4.69, 9.17) is 4.74 Å². The summed E-state index contributed by atoms with van der Waals surface area (Å²) in [5, 5.41) is 14.0. The Morgan fingerprint density at radius 3 is 2.71 bits per heavy atom. The average Bonchev–Trinajstić information content (AvgIpc) is 2.97. The smallest absolute Gasteiger partial charge is 0.251 e. The molecule has 2 aromatic heterocycles. The number of aliphatic hydroxyl groups excluding tert-OH is 1. The molecule has 146 valence electrons. The molecule has 1 atom stereocenters. The Morgan fingerprint density at radius 1 is 1.29 bits per heavy atom. The Morgan fingerprint density at radius 2 is 2.07 bits per heavy atom. The Kier molecular flexibility index (Phi) is 4.81. The van der Waals surface area contributed by atoms with Crippen molar-refractivity contribution in [2.45, 2.75) is 38.8 Å². The van der Waals surface area contributed by atoms with Gasteiger partial charge in [-0.05, 0) is 61.9 Å². The van der Waals surface area contributed by atoms with Crippen LogP contribution in [0.2, 0.25) is 0 Å². The summed E-state index contributed by atoms with van der Waals surface area (Å²) in [5.74, 6) is 0.600.